The molecule has 1 N–H and O–H groups in total. The lowest BCUT2D eigenvalue weighted by Gasteiger charge is -2.50. The van der Waals surface area contributed by atoms with Crippen molar-refractivity contribution in [3.05, 3.63) is 0 Å². The fraction of sp³-hybridized carbons (Fsp3) is 1.00. The van der Waals surface area contributed by atoms with Gasteiger partial charge >= 0.3 is 0 Å². The molecule has 2 heteroatoms. The number of nitrogens with zero attached hydrogens (tertiary/aromatic N) is 1. The summed E-state index contributed by atoms with van der Waals surface area (Å²) < 4.78 is 0. The van der Waals surface area contributed by atoms with E-state index in [9.17, 15) is 0 Å². The lowest BCUT2D eigenvalue weighted by molar-refractivity contribution is 0.0132. The van der Waals surface area contributed by atoms with E-state index in [4.69, 9.17) is 0 Å². The number of piperidine rings is 2. The highest BCUT2D eigenvalue weighted by Gasteiger charge is 2.42. The van der Waals surface area contributed by atoms with Crippen LogP contribution in [0.25, 0.3) is 0 Å². The zero-order valence-electron chi connectivity index (χ0n) is 12.7. The third-order valence-corrected chi connectivity index (χ3v) is 5.20. The molecule has 0 aromatic rings. The van der Waals surface area contributed by atoms with Crippen molar-refractivity contribution < 1.29 is 0 Å². The Bertz CT molecular complexity index is 241. The summed E-state index contributed by atoms with van der Waals surface area (Å²) in [6.45, 7) is 13.6. The fourth-order valence-electron chi connectivity index (χ4n) is 4.13. The van der Waals surface area contributed by atoms with Gasteiger partial charge in [-0.05, 0) is 82.1 Å². The highest BCUT2D eigenvalue weighted by Crippen LogP contribution is 2.45. The zero-order valence-corrected chi connectivity index (χ0v) is 12.7. The second-order valence-electron chi connectivity index (χ2n) is 6.98. The molecule has 0 bridgehead atoms. The first-order chi connectivity index (χ1) is 8.66. The van der Waals surface area contributed by atoms with Crippen molar-refractivity contribution in [1.82, 2.24) is 10.2 Å². The number of hydrogen-bond donors (Lipinski definition) is 1. The minimum Gasteiger partial charge on any atom is -0.316 e. The Hall–Kier alpha value is -0.0800. The van der Waals surface area contributed by atoms with Gasteiger partial charge in [0.05, 0.1) is 0 Å². The van der Waals surface area contributed by atoms with Crippen molar-refractivity contribution in [1.29, 1.82) is 0 Å². The van der Waals surface area contributed by atoms with Crippen LogP contribution in [-0.4, -0.2) is 37.6 Å². The molecule has 1 unspecified atom stereocenters. The van der Waals surface area contributed by atoms with Crippen LogP contribution in [0.1, 0.15) is 52.9 Å². The molecule has 0 aromatic carbocycles. The summed E-state index contributed by atoms with van der Waals surface area (Å²) in [6, 6.07) is 0. The molecule has 2 fully saturated rings. The Kier molecular flexibility index (Phi) is 5.08. The van der Waals surface area contributed by atoms with Gasteiger partial charge in [-0.1, -0.05) is 20.8 Å². The molecule has 0 radical (unpaired) electrons. The van der Waals surface area contributed by atoms with Crippen LogP contribution in [-0.2, 0) is 0 Å². The summed E-state index contributed by atoms with van der Waals surface area (Å²) in [7, 11) is 0. The molecule has 2 saturated heterocycles. The number of likely N-dealkylation sites (tertiary alicyclic amines) is 1. The van der Waals surface area contributed by atoms with Crippen LogP contribution in [0.4, 0.5) is 0 Å². The van der Waals surface area contributed by atoms with Gasteiger partial charge in [0.1, 0.15) is 0 Å². The van der Waals surface area contributed by atoms with Gasteiger partial charge in [0.15, 0.2) is 0 Å². The maximum absolute atomic E-state index is 3.63. The Morgan fingerprint density at radius 1 is 1.22 bits per heavy atom. The van der Waals surface area contributed by atoms with Gasteiger partial charge in [0, 0.05) is 0 Å². The highest BCUT2D eigenvalue weighted by atomic mass is 15.1. The molecule has 2 nitrogen and oxygen atoms in total. The first-order valence-corrected chi connectivity index (χ1v) is 8.09. The number of hydrogen-bond acceptors (Lipinski definition) is 2. The maximum Gasteiger partial charge on any atom is -0.00133 e. The maximum atomic E-state index is 3.63. The van der Waals surface area contributed by atoms with E-state index in [-0.39, 0.29) is 0 Å². The van der Waals surface area contributed by atoms with Crippen LogP contribution in [0.15, 0.2) is 0 Å². The van der Waals surface area contributed by atoms with E-state index in [2.05, 4.69) is 31.0 Å². The van der Waals surface area contributed by atoms with Gasteiger partial charge in [-0.25, -0.2) is 0 Å². The van der Waals surface area contributed by atoms with Crippen molar-refractivity contribution in [3.8, 4) is 0 Å². The average Bonchev–Trinajstić information content (AvgIpc) is 2.35. The summed E-state index contributed by atoms with van der Waals surface area (Å²) in [5, 5.41) is 3.63. The molecule has 2 rings (SSSR count). The summed E-state index contributed by atoms with van der Waals surface area (Å²) >= 11 is 0. The molecule has 2 heterocycles. The first kappa shape index (κ1) is 14.3. The fourth-order valence-corrected chi connectivity index (χ4v) is 4.13. The van der Waals surface area contributed by atoms with Crippen LogP contribution in [0, 0.1) is 17.3 Å². The molecule has 106 valence electrons. The monoisotopic (exact) mass is 252 g/mol. The van der Waals surface area contributed by atoms with Crippen LogP contribution >= 0.6 is 0 Å². The van der Waals surface area contributed by atoms with Crippen molar-refractivity contribution in [2.75, 3.05) is 32.7 Å². The van der Waals surface area contributed by atoms with E-state index in [1.54, 1.807) is 0 Å². The second-order valence-corrected chi connectivity index (χ2v) is 6.98. The molecule has 2 aliphatic rings. The lowest BCUT2D eigenvalue weighted by Crippen LogP contribution is -2.51. The van der Waals surface area contributed by atoms with Gasteiger partial charge in [-0.3, -0.25) is 0 Å². The quantitative estimate of drug-likeness (QED) is 0.827. The summed E-state index contributed by atoms with van der Waals surface area (Å²) in [5.74, 6) is 1.77. The topological polar surface area (TPSA) is 15.3 Å². The van der Waals surface area contributed by atoms with E-state index >= 15 is 0 Å². The predicted molar refractivity (Wildman–Crippen MR) is 78.8 cm³/mol. The molecular formula is C16H32N2. The molecule has 1 spiro atoms. The van der Waals surface area contributed by atoms with E-state index < -0.39 is 0 Å². The van der Waals surface area contributed by atoms with Gasteiger partial charge in [0.2, 0.25) is 0 Å². The number of nitrogens with one attached hydrogen (secondary N) is 1. The zero-order chi connectivity index (χ0) is 13.0. The molecule has 0 aliphatic carbocycles. The molecule has 1 atom stereocenters. The van der Waals surface area contributed by atoms with Crippen molar-refractivity contribution in [2.24, 2.45) is 17.3 Å². The van der Waals surface area contributed by atoms with Gasteiger partial charge in [-0.2, -0.15) is 0 Å². The van der Waals surface area contributed by atoms with Crippen LogP contribution in [0.3, 0.4) is 0 Å². The molecule has 0 aromatic heterocycles. The first-order valence-electron chi connectivity index (χ1n) is 8.09. The predicted octanol–water partition coefficient (Wildman–Crippen LogP) is 3.13. The van der Waals surface area contributed by atoms with Gasteiger partial charge in [-0.15, -0.1) is 0 Å². The second kappa shape index (κ2) is 6.38. The minimum absolute atomic E-state index is 0.680. The molecule has 2 aliphatic heterocycles. The Balaban J connectivity index is 1.95. The van der Waals surface area contributed by atoms with Gasteiger partial charge < -0.3 is 10.2 Å². The van der Waals surface area contributed by atoms with E-state index in [1.807, 2.05) is 0 Å². The smallest absolute Gasteiger partial charge is 0.00133 e. The van der Waals surface area contributed by atoms with Gasteiger partial charge in [0.25, 0.3) is 0 Å². The van der Waals surface area contributed by atoms with Crippen molar-refractivity contribution in [3.63, 3.8) is 0 Å². The molecule has 0 saturated carbocycles. The lowest BCUT2D eigenvalue weighted by atomic mass is 9.63. The van der Waals surface area contributed by atoms with Crippen LogP contribution in [0.2, 0.25) is 0 Å². The molecule has 0 amide bonds. The molecule has 18 heavy (non-hydrogen) atoms. The van der Waals surface area contributed by atoms with E-state index in [0.717, 1.165) is 11.8 Å². The summed E-state index contributed by atoms with van der Waals surface area (Å²) in [4.78, 5) is 2.68. The summed E-state index contributed by atoms with van der Waals surface area (Å²) in [6.07, 6.45) is 7.05. The standard InChI is InChI=1S/C16H32N2/c1-4-9-18-10-6-16(7-11-18)5-8-17-13-15(16)12-14(2)3/h14-15,17H,4-13H2,1-3H3. The normalized spacial score (nSPS) is 29.0. The highest BCUT2D eigenvalue weighted by molar-refractivity contribution is 4.95. The largest absolute Gasteiger partial charge is 0.316 e. The molecular weight excluding hydrogens is 220 g/mol. The Morgan fingerprint density at radius 3 is 2.56 bits per heavy atom. The van der Waals surface area contributed by atoms with Crippen LogP contribution < -0.4 is 5.32 Å². The third kappa shape index (κ3) is 3.27. The minimum atomic E-state index is 0.680. The Morgan fingerprint density at radius 2 is 1.94 bits per heavy atom. The average molecular weight is 252 g/mol. The van der Waals surface area contributed by atoms with E-state index in [1.165, 1.54) is 64.8 Å². The van der Waals surface area contributed by atoms with Crippen molar-refractivity contribution >= 4 is 0 Å². The van der Waals surface area contributed by atoms with Crippen molar-refractivity contribution in [2.45, 2.75) is 52.9 Å². The summed E-state index contributed by atoms with van der Waals surface area (Å²) in [5.41, 5.74) is 0.680. The van der Waals surface area contributed by atoms with E-state index in [0.29, 0.717) is 5.41 Å². The van der Waals surface area contributed by atoms with Crippen LogP contribution in [0.5, 0.6) is 0 Å². The Labute approximate surface area is 114 Å². The third-order valence-electron chi connectivity index (χ3n) is 5.20. The SMILES string of the molecule is CCCN1CCC2(CCNCC2CC(C)C)CC1. The number of rotatable bonds is 4.